The lowest BCUT2D eigenvalue weighted by molar-refractivity contribution is -0.207. The molecular weight excluding hydrogens is 366 g/mol. The zero-order chi connectivity index (χ0) is 18.1. The van der Waals surface area contributed by atoms with E-state index in [4.69, 9.17) is 31.7 Å². The molecule has 1 aromatic carbocycles. The Kier molecular flexibility index (Phi) is 5.81. The summed E-state index contributed by atoms with van der Waals surface area (Å²) < 4.78 is 28.9. The number of carbonyl (C=O) groups is 1. The summed E-state index contributed by atoms with van der Waals surface area (Å²) in [5.74, 6) is -0.550. The average Bonchev–Trinajstić information content (AvgIpc) is 2.79. The van der Waals surface area contributed by atoms with E-state index in [1.165, 1.54) is 12.1 Å². The van der Waals surface area contributed by atoms with Crippen molar-refractivity contribution in [2.75, 3.05) is 6.61 Å². The van der Waals surface area contributed by atoms with Crippen LogP contribution in [0.4, 0.5) is 0 Å². The van der Waals surface area contributed by atoms with Crippen molar-refractivity contribution in [1.29, 1.82) is 0 Å². The second kappa shape index (κ2) is 7.31. The van der Waals surface area contributed by atoms with Gasteiger partial charge in [0.25, 0.3) is 15.9 Å². The van der Waals surface area contributed by atoms with Crippen LogP contribution in [-0.2, 0) is 14.8 Å². The van der Waals surface area contributed by atoms with Gasteiger partial charge in [0.2, 0.25) is 0 Å². The third-order valence-corrected chi connectivity index (χ3v) is 5.23. The molecular formula is C13H16ClNO8S. The van der Waals surface area contributed by atoms with E-state index in [0.29, 0.717) is 0 Å². The molecule has 134 valence electrons. The maximum Gasteiger partial charge on any atom is 0.266 e. The summed E-state index contributed by atoms with van der Waals surface area (Å²) >= 11 is 5.45. The van der Waals surface area contributed by atoms with Gasteiger partial charge in [-0.3, -0.25) is 4.79 Å². The number of halogens is 1. The van der Waals surface area contributed by atoms with Crippen LogP contribution in [0.5, 0.6) is 0 Å². The lowest BCUT2D eigenvalue weighted by atomic mass is 10.0. The summed E-state index contributed by atoms with van der Waals surface area (Å²) in [7, 11) is -3.55. The zero-order valence-electron chi connectivity index (χ0n) is 12.1. The number of hydrogen-bond donors (Lipinski definition) is 5. The molecule has 0 bridgehead atoms. The molecule has 0 unspecified atom stereocenters. The number of amides is 1. The summed E-state index contributed by atoms with van der Waals surface area (Å²) in [6, 6.07) is 6.09. The van der Waals surface area contributed by atoms with Gasteiger partial charge in [-0.1, -0.05) is 23.7 Å². The Hall–Kier alpha value is -1.27. The van der Waals surface area contributed by atoms with Gasteiger partial charge in [-0.05, 0) is 12.1 Å². The first kappa shape index (κ1) is 19.1. The Labute approximate surface area is 142 Å². The van der Waals surface area contributed by atoms with Crippen molar-refractivity contribution < 1.29 is 38.4 Å². The Morgan fingerprint density at radius 1 is 1.12 bits per heavy atom. The number of alkyl halides is 1. The zero-order valence-corrected chi connectivity index (χ0v) is 13.7. The van der Waals surface area contributed by atoms with E-state index in [-0.39, 0.29) is 10.5 Å². The minimum atomic E-state index is -3.55. The third-order valence-electron chi connectivity index (χ3n) is 3.48. The fourth-order valence-corrected chi connectivity index (χ4v) is 3.63. The topological polar surface area (TPSA) is 153 Å². The second-order valence-electron chi connectivity index (χ2n) is 5.11. The number of ether oxygens (including phenoxy) is 1. The van der Waals surface area contributed by atoms with Crippen molar-refractivity contribution in [3.63, 3.8) is 0 Å². The molecule has 5 N–H and O–H groups in total. The number of hydrogen-bond acceptors (Lipinski definition) is 8. The maximum absolute atomic E-state index is 11.1. The first-order valence-corrected chi connectivity index (χ1v) is 8.71. The predicted molar refractivity (Wildman–Crippen MR) is 80.7 cm³/mol. The van der Waals surface area contributed by atoms with E-state index >= 15 is 0 Å². The highest BCUT2D eigenvalue weighted by atomic mass is 35.5. The molecule has 9 nitrogen and oxygen atoms in total. The smallest absolute Gasteiger partial charge is 0.266 e. The molecule has 5 atom stereocenters. The van der Waals surface area contributed by atoms with Crippen molar-refractivity contribution in [3.05, 3.63) is 29.8 Å². The van der Waals surface area contributed by atoms with Crippen molar-refractivity contribution >= 4 is 27.5 Å². The molecule has 1 aromatic rings. The lowest BCUT2D eigenvalue weighted by Gasteiger charge is -2.37. The van der Waals surface area contributed by atoms with Gasteiger partial charge in [-0.2, -0.15) is 0 Å². The lowest BCUT2D eigenvalue weighted by Crippen LogP contribution is -2.56. The largest absolute Gasteiger partial charge is 0.394 e. The van der Waals surface area contributed by atoms with E-state index < -0.39 is 52.5 Å². The molecule has 2 aliphatic rings. The molecule has 1 saturated heterocycles. The van der Waals surface area contributed by atoms with Gasteiger partial charge >= 0.3 is 0 Å². The molecule has 0 saturated carbocycles. The molecule has 2 aliphatic heterocycles. The first-order chi connectivity index (χ1) is 11.2. The van der Waals surface area contributed by atoms with Gasteiger partial charge in [0.15, 0.2) is 5.56 Å². The van der Waals surface area contributed by atoms with Crippen LogP contribution in [-0.4, -0.2) is 71.3 Å². The summed E-state index contributed by atoms with van der Waals surface area (Å²) in [6.45, 7) is -0.450. The Balaban J connectivity index is 0.000000174. The van der Waals surface area contributed by atoms with Crippen LogP contribution < -0.4 is 4.72 Å². The molecule has 2 heterocycles. The molecule has 0 spiro atoms. The maximum atomic E-state index is 11.1. The van der Waals surface area contributed by atoms with E-state index in [1.54, 1.807) is 12.1 Å². The van der Waals surface area contributed by atoms with Crippen LogP contribution >= 0.6 is 11.6 Å². The Morgan fingerprint density at radius 2 is 1.75 bits per heavy atom. The van der Waals surface area contributed by atoms with Gasteiger partial charge in [0.1, 0.15) is 29.3 Å². The first-order valence-electron chi connectivity index (χ1n) is 6.80. The minimum absolute atomic E-state index is 0.0648. The Morgan fingerprint density at radius 3 is 2.33 bits per heavy atom. The van der Waals surface area contributed by atoms with Crippen LogP contribution in [0, 0.1) is 0 Å². The fraction of sp³-hybridized carbons (Fsp3) is 0.462. The quantitative estimate of drug-likeness (QED) is 0.355. The molecule has 24 heavy (non-hydrogen) atoms. The molecule has 11 heteroatoms. The highest BCUT2D eigenvalue weighted by molar-refractivity contribution is 7.90. The van der Waals surface area contributed by atoms with Crippen molar-refractivity contribution in [2.45, 2.75) is 34.9 Å². The van der Waals surface area contributed by atoms with Crippen molar-refractivity contribution in [1.82, 2.24) is 4.72 Å². The van der Waals surface area contributed by atoms with Gasteiger partial charge in [0, 0.05) is 0 Å². The van der Waals surface area contributed by atoms with E-state index in [1.807, 2.05) is 4.72 Å². The summed E-state index contributed by atoms with van der Waals surface area (Å²) in [6.07, 6.45) is -4.95. The molecule has 1 amide bonds. The number of nitrogens with one attached hydrogen (secondary N) is 1. The van der Waals surface area contributed by atoms with Crippen molar-refractivity contribution in [3.8, 4) is 0 Å². The summed E-state index contributed by atoms with van der Waals surface area (Å²) in [5, 5.41) is 36.0. The molecule has 0 aliphatic carbocycles. The highest BCUT2D eigenvalue weighted by Gasteiger charge is 2.42. The minimum Gasteiger partial charge on any atom is -0.394 e. The standard InChI is InChI=1S/C7H5NO3S.C6H11ClO5/c9-7-5-3-1-2-4-6(5)12(10,11)8-7;7-6-5(11)4(10)3(9)2(1-8)12-6/h1-4H,(H,8,9);2-6,8-11H,1H2/t;2-,3-,4+,5-,6+/m.1/s1. The van der Waals surface area contributed by atoms with Crippen LogP contribution in [0.2, 0.25) is 0 Å². The van der Waals surface area contributed by atoms with Gasteiger partial charge in [-0.15, -0.1) is 0 Å². The van der Waals surface area contributed by atoms with Gasteiger partial charge < -0.3 is 25.2 Å². The number of aliphatic hydroxyl groups is 4. The number of carbonyl (C=O) groups excluding carboxylic acids is 1. The summed E-state index contributed by atoms with van der Waals surface area (Å²) in [5.41, 5.74) is -0.877. The van der Waals surface area contributed by atoms with Crippen LogP contribution in [0.1, 0.15) is 10.4 Å². The Bertz CT molecular complexity index is 707. The van der Waals surface area contributed by atoms with E-state index in [9.17, 15) is 18.3 Å². The number of sulfonamides is 1. The normalized spacial score (nSPS) is 33.9. The number of fused-ring (bicyclic) bond motifs is 1. The number of benzene rings is 1. The third kappa shape index (κ3) is 3.70. The SMILES string of the molecule is O=C1NS(=O)(=O)c2ccccc21.OC[C@H]1O[C@H](Cl)[C@H](O)[C@@H](O)[C@@H]1O. The second-order valence-corrected chi connectivity index (χ2v) is 7.19. The highest BCUT2D eigenvalue weighted by Crippen LogP contribution is 2.23. The fourth-order valence-electron chi connectivity index (χ4n) is 2.18. The predicted octanol–water partition coefficient (Wildman–Crippen LogP) is -1.86. The monoisotopic (exact) mass is 381 g/mol. The summed E-state index contributed by atoms with van der Waals surface area (Å²) in [4.78, 5) is 11.1. The molecule has 0 radical (unpaired) electrons. The van der Waals surface area contributed by atoms with Crippen LogP contribution in [0.3, 0.4) is 0 Å². The van der Waals surface area contributed by atoms with Crippen LogP contribution in [0.15, 0.2) is 29.2 Å². The molecule has 0 aromatic heterocycles. The number of rotatable bonds is 1. The molecule has 1 fully saturated rings. The van der Waals surface area contributed by atoms with Crippen molar-refractivity contribution in [2.24, 2.45) is 0 Å². The molecule has 3 rings (SSSR count). The van der Waals surface area contributed by atoms with Gasteiger partial charge in [-0.25, -0.2) is 13.1 Å². The van der Waals surface area contributed by atoms with E-state index in [0.717, 1.165) is 0 Å². The van der Waals surface area contributed by atoms with Gasteiger partial charge in [0.05, 0.1) is 12.2 Å². The van der Waals surface area contributed by atoms with E-state index in [2.05, 4.69) is 0 Å². The van der Waals surface area contributed by atoms with Crippen LogP contribution in [0.25, 0.3) is 0 Å². The average molecular weight is 382 g/mol. The number of aliphatic hydroxyl groups excluding tert-OH is 4.